The minimum absolute atomic E-state index is 0.142. The van der Waals surface area contributed by atoms with Gasteiger partial charge in [0.2, 0.25) is 12.7 Å². The summed E-state index contributed by atoms with van der Waals surface area (Å²) in [5, 5.41) is 0. The van der Waals surface area contributed by atoms with Gasteiger partial charge in [0.25, 0.3) is 5.54 Å². The molecule has 1 aromatic carbocycles. The molecule has 144 valence electrons. The number of fused-ring (bicyclic) bond motifs is 1. The molecule has 0 unspecified atom stereocenters. The second-order valence-corrected chi connectivity index (χ2v) is 7.36. The fourth-order valence-corrected chi connectivity index (χ4v) is 3.80. The number of hydrogen-bond acceptors (Lipinski definition) is 5. The van der Waals surface area contributed by atoms with Crippen LogP contribution in [-0.4, -0.2) is 41.8 Å². The van der Waals surface area contributed by atoms with Crippen LogP contribution in [0.15, 0.2) is 18.2 Å². The van der Waals surface area contributed by atoms with Crippen LogP contribution in [0.5, 0.6) is 11.5 Å². The predicted molar refractivity (Wildman–Crippen MR) is 97.0 cm³/mol. The molecule has 1 fully saturated rings. The van der Waals surface area contributed by atoms with Gasteiger partial charge in [-0.15, -0.1) is 0 Å². The lowest BCUT2D eigenvalue weighted by Crippen LogP contribution is -2.45. The Labute approximate surface area is 159 Å². The van der Waals surface area contributed by atoms with E-state index in [1.54, 1.807) is 39.8 Å². The number of carbonyl (C=O) groups is 2. The third-order valence-electron chi connectivity index (χ3n) is 5.08. The van der Waals surface area contributed by atoms with Crippen LogP contribution in [0.25, 0.3) is 4.85 Å². The number of likely N-dealkylation sites (tertiary alicyclic amines) is 1. The van der Waals surface area contributed by atoms with E-state index < -0.39 is 23.6 Å². The largest absolute Gasteiger partial charge is 0.464 e. The molecule has 3 atom stereocenters. The topological polar surface area (TPSA) is 69.4 Å². The average Bonchev–Trinajstić information content (AvgIpc) is 3.23. The smallest absolute Gasteiger partial charge is 0.329 e. The van der Waals surface area contributed by atoms with Crippen LogP contribution in [0.3, 0.4) is 0 Å². The van der Waals surface area contributed by atoms with Crippen molar-refractivity contribution in [1.29, 1.82) is 0 Å². The summed E-state index contributed by atoms with van der Waals surface area (Å²) in [6.07, 6.45) is 0.229. The molecule has 7 heteroatoms. The molecule has 0 bridgehead atoms. The summed E-state index contributed by atoms with van der Waals surface area (Å²) in [6.45, 7) is 15.2. The van der Waals surface area contributed by atoms with Crippen LogP contribution in [0.1, 0.15) is 45.7 Å². The highest BCUT2D eigenvalue weighted by molar-refractivity contribution is 5.87. The van der Waals surface area contributed by atoms with Gasteiger partial charge in [0.15, 0.2) is 11.5 Å². The summed E-state index contributed by atoms with van der Waals surface area (Å²) < 4.78 is 16.0. The molecule has 7 nitrogen and oxygen atoms in total. The Morgan fingerprint density at radius 1 is 1.37 bits per heavy atom. The molecular weight excluding hydrogens is 348 g/mol. The number of ether oxygens (including phenoxy) is 3. The van der Waals surface area contributed by atoms with Gasteiger partial charge in [0, 0.05) is 12.8 Å². The Hall–Kier alpha value is -2.75. The van der Waals surface area contributed by atoms with Crippen LogP contribution in [-0.2, 0) is 14.3 Å². The molecule has 0 N–H and O–H groups in total. The SMILES string of the molecule is [C-]#[N+][C@@]1(C)C[C@@H](C(=O)OCC)N(C(=O)C(C)C)[C@H]1c1ccc2c(c1)OCO2. The molecule has 1 amide bonds. The monoisotopic (exact) mass is 372 g/mol. The summed E-state index contributed by atoms with van der Waals surface area (Å²) >= 11 is 0. The first-order chi connectivity index (χ1) is 12.8. The molecule has 0 aliphatic carbocycles. The number of hydrogen-bond donors (Lipinski definition) is 0. The van der Waals surface area contributed by atoms with E-state index in [0.717, 1.165) is 5.56 Å². The first-order valence-corrected chi connectivity index (χ1v) is 9.09. The van der Waals surface area contributed by atoms with Gasteiger partial charge < -0.3 is 24.0 Å². The molecule has 2 heterocycles. The van der Waals surface area contributed by atoms with E-state index >= 15 is 0 Å². The summed E-state index contributed by atoms with van der Waals surface area (Å²) in [5.41, 5.74) is -0.200. The number of nitrogens with zero attached hydrogens (tertiary/aromatic N) is 2. The molecule has 0 aromatic heterocycles. The highest BCUT2D eigenvalue weighted by atomic mass is 16.7. The first-order valence-electron chi connectivity index (χ1n) is 9.09. The van der Waals surface area contributed by atoms with Crippen molar-refractivity contribution >= 4 is 11.9 Å². The lowest BCUT2D eigenvalue weighted by atomic mass is 9.87. The molecular formula is C20H24N2O5. The maximum Gasteiger partial charge on any atom is 0.329 e. The Morgan fingerprint density at radius 3 is 2.70 bits per heavy atom. The minimum atomic E-state index is -0.949. The number of amides is 1. The van der Waals surface area contributed by atoms with E-state index in [4.69, 9.17) is 20.8 Å². The van der Waals surface area contributed by atoms with Crippen molar-refractivity contribution in [3.8, 4) is 11.5 Å². The Kier molecular flexibility index (Phi) is 5.01. The second kappa shape index (κ2) is 7.10. The van der Waals surface area contributed by atoms with Crippen molar-refractivity contribution in [1.82, 2.24) is 4.90 Å². The van der Waals surface area contributed by atoms with Crippen LogP contribution < -0.4 is 9.47 Å². The lowest BCUT2D eigenvalue weighted by molar-refractivity contribution is -0.155. The quantitative estimate of drug-likeness (QED) is 0.600. The number of esters is 1. The Morgan fingerprint density at radius 2 is 2.07 bits per heavy atom. The van der Waals surface area contributed by atoms with Gasteiger partial charge >= 0.3 is 5.97 Å². The van der Waals surface area contributed by atoms with Gasteiger partial charge in [-0.25, -0.2) is 11.4 Å². The molecule has 27 heavy (non-hydrogen) atoms. The summed E-state index contributed by atoms with van der Waals surface area (Å²) in [7, 11) is 0. The molecule has 0 spiro atoms. The normalized spacial score (nSPS) is 26.1. The van der Waals surface area contributed by atoms with Gasteiger partial charge in [-0.1, -0.05) is 19.9 Å². The average molecular weight is 372 g/mol. The molecule has 1 aromatic rings. The van der Waals surface area contributed by atoms with Crippen molar-refractivity contribution in [2.75, 3.05) is 13.4 Å². The highest BCUT2D eigenvalue weighted by Gasteiger charge is 2.60. The zero-order valence-corrected chi connectivity index (χ0v) is 16.0. The van der Waals surface area contributed by atoms with Gasteiger partial charge in [0.05, 0.1) is 13.0 Å². The van der Waals surface area contributed by atoms with E-state index in [2.05, 4.69) is 4.85 Å². The van der Waals surface area contributed by atoms with Crippen molar-refractivity contribution in [3.05, 3.63) is 35.2 Å². The molecule has 3 rings (SSSR count). The molecule has 1 saturated heterocycles. The number of benzene rings is 1. The van der Waals surface area contributed by atoms with Gasteiger partial charge in [-0.2, -0.15) is 0 Å². The van der Waals surface area contributed by atoms with E-state index in [-0.39, 0.29) is 31.6 Å². The van der Waals surface area contributed by atoms with Crippen molar-refractivity contribution in [2.24, 2.45) is 5.92 Å². The van der Waals surface area contributed by atoms with E-state index in [1.165, 1.54) is 4.90 Å². The van der Waals surface area contributed by atoms with Gasteiger partial charge in [0.1, 0.15) is 12.1 Å². The fraction of sp³-hybridized carbons (Fsp3) is 0.550. The summed E-state index contributed by atoms with van der Waals surface area (Å²) in [6, 6.07) is 4.04. The van der Waals surface area contributed by atoms with E-state index in [9.17, 15) is 9.59 Å². The third-order valence-corrected chi connectivity index (χ3v) is 5.08. The maximum absolute atomic E-state index is 13.0. The van der Waals surface area contributed by atoms with Crippen LogP contribution >= 0.6 is 0 Å². The van der Waals surface area contributed by atoms with Crippen LogP contribution in [0, 0.1) is 12.5 Å². The number of rotatable bonds is 4. The van der Waals surface area contributed by atoms with Crippen LogP contribution in [0.2, 0.25) is 0 Å². The van der Waals surface area contributed by atoms with Crippen LogP contribution in [0.4, 0.5) is 0 Å². The van der Waals surface area contributed by atoms with Gasteiger partial charge in [-0.05, 0) is 24.6 Å². The molecule has 0 saturated carbocycles. The predicted octanol–water partition coefficient (Wildman–Crippen LogP) is 2.95. The highest BCUT2D eigenvalue weighted by Crippen LogP contribution is 2.49. The maximum atomic E-state index is 13.0. The number of carbonyl (C=O) groups excluding carboxylic acids is 2. The zero-order valence-electron chi connectivity index (χ0n) is 16.0. The second-order valence-electron chi connectivity index (χ2n) is 7.36. The zero-order chi connectivity index (χ0) is 19.8. The van der Waals surface area contributed by atoms with Crippen molar-refractivity contribution in [2.45, 2.75) is 51.7 Å². The summed E-state index contributed by atoms with van der Waals surface area (Å²) in [4.78, 5) is 31.0. The molecule has 2 aliphatic rings. The third kappa shape index (κ3) is 3.20. The molecule has 0 radical (unpaired) electrons. The first kappa shape index (κ1) is 19.0. The van der Waals surface area contributed by atoms with E-state index in [0.29, 0.717) is 11.5 Å². The van der Waals surface area contributed by atoms with Gasteiger partial charge in [-0.3, -0.25) is 4.79 Å². The Balaban J connectivity index is 2.10. The Bertz CT molecular complexity index is 800. The molecule has 2 aliphatic heterocycles. The standard InChI is InChI=1S/C20H24N2O5/c1-6-25-19(24)14-10-20(4,21-5)17(22(14)18(23)12(2)3)13-7-8-15-16(9-13)27-11-26-15/h7-9,12,14,17H,6,10-11H2,1-4H3/t14-,17-,20-/m0/s1. The van der Waals surface area contributed by atoms with Crippen molar-refractivity contribution < 1.29 is 23.8 Å². The summed E-state index contributed by atoms with van der Waals surface area (Å²) in [5.74, 6) is 0.250. The van der Waals surface area contributed by atoms with Crippen molar-refractivity contribution in [3.63, 3.8) is 0 Å². The lowest BCUT2D eigenvalue weighted by Gasteiger charge is -2.31. The fourth-order valence-electron chi connectivity index (χ4n) is 3.80. The van der Waals surface area contributed by atoms with E-state index in [1.807, 2.05) is 6.07 Å². The minimum Gasteiger partial charge on any atom is -0.464 e.